The van der Waals surface area contributed by atoms with Crippen LogP contribution < -0.4 is 4.74 Å². The van der Waals surface area contributed by atoms with Crippen LogP contribution in [-0.2, 0) is 21.1 Å². The number of hydrogen-bond acceptors (Lipinski definition) is 3. The van der Waals surface area contributed by atoms with Gasteiger partial charge in [-0.15, -0.1) is 35.7 Å². The summed E-state index contributed by atoms with van der Waals surface area (Å²) in [6.45, 7) is 13.2. The van der Waals surface area contributed by atoms with Crippen LogP contribution in [0.4, 0.5) is 0 Å². The summed E-state index contributed by atoms with van der Waals surface area (Å²) in [4.78, 5) is 4.76. The van der Waals surface area contributed by atoms with E-state index in [1.165, 1.54) is 27.8 Å². The summed E-state index contributed by atoms with van der Waals surface area (Å²) in [6, 6.07) is 34.1. The summed E-state index contributed by atoms with van der Waals surface area (Å²) in [7, 11) is 0. The second-order valence-electron chi connectivity index (χ2n) is 12.4. The molecule has 46 heavy (non-hydrogen) atoms. The van der Waals surface area contributed by atoms with Crippen molar-refractivity contribution < 1.29 is 25.8 Å². The fourth-order valence-electron chi connectivity index (χ4n) is 6.20. The molecule has 7 aromatic rings. The minimum absolute atomic E-state index is 0. The van der Waals surface area contributed by atoms with Crippen LogP contribution in [0.1, 0.15) is 61.8 Å². The molecule has 5 nitrogen and oxygen atoms in total. The third kappa shape index (κ3) is 5.81. The monoisotopic (exact) mass is 783 g/mol. The molecule has 3 heterocycles. The number of benzene rings is 4. The molecule has 0 spiro atoms. The molecule has 6 heteroatoms. The van der Waals surface area contributed by atoms with Crippen LogP contribution in [0.2, 0.25) is 0 Å². The van der Waals surface area contributed by atoms with Crippen LogP contribution in [0, 0.1) is 26.0 Å². The molecule has 0 saturated heterocycles. The molecule has 0 bridgehead atoms. The molecule has 0 radical (unpaired) electrons. The van der Waals surface area contributed by atoms with Crippen LogP contribution in [0.25, 0.3) is 44.4 Å². The van der Waals surface area contributed by atoms with Gasteiger partial charge in [-0.3, -0.25) is 4.68 Å². The molecule has 0 atom stereocenters. The Hall–Kier alpha value is -4.47. The third-order valence-corrected chi connectivity index (χ3v) is 8.53. The molecular weight excluding hydrogens is 748 g/mol. The van der Waals surface area contributed by atoms with Crippen molar-refractivity contribution in [2.45, 2.75) is 53.4 Å². The van der Waals surface area contributed by atoms with E-state index in [2.05, 4.69) is 119 Å². The molecule has 4 aromatic carbocycles. The second kappa shape index (κ2) is 12.7. The van der Waals surface area contributed by atoms with Crippen molar-refractivity contribution in [3.05, 3.63) is 132 Å². The first kappa shape index (κ1) is 31.5. The number of aryl methyl sites for hydroxylation is 2. The van der Waals surface area contributed by atoms with Crippen LogP contribution in [0.15, 0.2) is 97.5 Å². The van der Waals surface area contributed by atoms with E-state index in [9.17, 15) is 0 Å². The molecule has 7 rings (SSSR count). The van der Waals surface area contributed by atoms with Crippen molar-refractivity contribution in [2.24, 2.45) is 0 Å². The van der Waals surface area contributed by atoms with E-state index < -0.39 is 0 Å². The van der Waals surface area contributed by atoms with E-state index in [0.717, 1.165) is 38.9 Å². The Morgan fingerprint density at radius 2 is 1.48 bits per heavy atom. The summed E-state index contributed by atoms with van der Waals surface area (Å²) in [5.41, 5.74) is 10.2. The molecule has 0 N–H and O–H groups in total. The maximum absolute atomic E-state index is 6.38. The van der Waals surface area contributed by atoms with Crippen LogP contribution in [-0.4, -0.2) is 19.3 Å². The van der Waals surface area contributed by atoms with Crippen LogP contribution >= 0.6 is 0 Å². The van der Waals surface area contributed by atoms with E-state index in [0.29, 0.717) is 23.3 Å². The number of hydrogen-bond donors (Lipinski definition) is 0. The average molecular weight is 784 g/mol. The first-order valence-electron chi connectivity index (χ1n) is 15.6. The zero-order valence-electron chi connectivity index (χ0n) is 26.9. The van der Waals surface area contributed by atoms with Gasteiger partial charge in [0.2, 0.25) is 0 Å². The number of aromatic nitrogens is 4. The van der Waals surface area contributed by atoms with E-state index in [4.69, 9.17) is 14.8 Å². The average Bonchev–Trinajstić information content (AvgIpc) is 3.64. The van der Waals surface area contributed by atoms with Crippen molar-refractivity contribution in [3.8, 4) is 34.1 Å². The van der Waals surface area contributed by atoms with E-state index in [1.54, 1.807) is 0 Å². The van der Waals surface area contributed by atoms with E-state index in [-0.39, 0.29) is 21.1 Å². The normalized spacial score (nSPS) is 11.5. The van der Waals surface area contributed by atoms with Gasteiger partial charge in [-0.2, -0.15) is 17.2 Å². The number of pyridine rings is 1. The predicted octanol–water partition coefficient (Wildman–Crippen LogP) is 10.3. The van der Waals surface area contributed by atoms with Gasteiger partial charge in [-0.1, -0.05) is 63.5 Å². The molecule has 0 aliphatic carbocycles. The number of ether oxygens (including phenoxy) is 1. The fraction of sp³-hybridized carbons (Fsp3) is 0.200. The number of fused-ring (bicyclic) bond motifs is 3. The molecule has 0 saturated carbocycles. The Morgan fingerprint density at radius 1 is 0.739 bits per heavy atom. The van der Waals surface area contributed by atoms with Crippen molar-refractivity contribution in [2.75, 3.05) is 0 Å². The van der Waals surface area contributed by atoms with Crippen molar-refractivity contribution in [1.82, 2.24) is 19.3 Å². The Balaban J connectivity index is 0.00000372. The zero-order chi connectivity index (χ0) is 31.2. The molecule has 232 valence electrons. The van der Waals surface area contributed by atoms with Crippen LogP contribution in [0.5, 0.6) is 11.5 Å². The van der Waals surface area contributed by atoms with E-state index >= 15 is 0 Å². The maximum Gasteiger partial charge on any atom is 2.00 e. The van der Waals surface area contributed by atoms with Gasteiger partial charge in [-0.25, -0.2) is 4.98 Å². The van der Waals surface area contributed by atoms with Gasteiger partial charge < -0.3 is 9.30 Å². The van der Waals surface area contributed by atoms with Gasteiger partial charge in [0.05, 0.1) is 6.20 Å². The second-order valence-corrected chi connectivity index (χ2v) is 12.4. The third-order valence-electron chi connectivity index (χ3n) is 8.53. The van der Waals surface area contributed by atoms with Gasteiger partial charge >= 0.3 is 21.1 Å². The fourth-order valence-corrected chi connectivity index (χ4v) is 6.20. The standard InChI is InChI=1S/C40H36N4O.Pt/c1-25(2)29-16-17-41-39(20-29)44-37-13-8-7-12-35(37)36-15-14-34(22-38(36)44)45-33-11-9-10-32(21-33)43-24-31(23-42-43)40-27(5)18-30(26(3)4)19-28(40)6;/h7-20,23-26H,1-6H3;/q-2;+2. The van der Waals surface area contributed by atoms with E-state index in [1.807, 2.05) is 41.3 Å². The summed E-state index contributed by atoms with van der Waals surface area (Å²) in [6.07, 6.45) is 5.87. The Labute approximate surface area is 285 Å². The van der Waals surface area contributed by atoms with Gasteiger partial charge in [0.25, 0.3) is 0 Å². The van der Waals surface area contributed by atoms with Gasteiger partial charge in [0.15, 0.2) is 0 Å². The Kier molecular flexibility index (Phi) is 8.72. The van der Waals surface area contributed by atoms with Gasteiger partial charge in [0, 0.05) is 35.0 Å². The van der Waals surface area contributed by atoms with Crippen molar-refractivity contribution in [3.63, 3.8) is 0 Å². The smallest absolute Gasteiger partial charge is 0.509 e. The summed E-state index contributed by atoms with van der Waals surface area (Å²) < 4.78 is 10.4. The Bertz CT molecular complexity index is 2170. The largest absolute Gasteiger partial charge is 2.00 e. The molecular formula is C40H36N4OPt. The topological polar surface area (TPSA) is 44.9 Å². The molecule has 3 aromatic heterocycles. The summed E-state index contributed by atoms with van der Waals surface area (Å²) >= 11 is 0. The number of para-hydroxylation sites is 1. The summed E-state index contributed by atoms with van der Waals surface area (Å²) in [5, 5.41) is 6.94. The molecule has 0 fully saturated rings. The minimum Gasteiger partial charge on any atom is -0.509 e. The Morgan fingerprint density at radius 3 is 2.24 bits per heavy atom. The first-order valence-corrected chi connectivity index (χ1v) is 15.6. The van der Waals surface area contributed by atoms with Gasteiger partial charge in [0.1, 0.15) is 5.82 Å². The van der Waals surface area contributed by atoms with Gasteiger partial charge in [-0.05, 0) is 82.8 Å². The number of rotatable bonds is 7. The SMILES string of the molecule is Cc1cc(C(C)C)cc(C)c1-c1cnn(-c2[c-]c(Oc3[c-]c4c(cc3)c3ccccc3n4-c3cc(C(C)C)ccn3)ccc2)c1.[Pt+2]. The maximum atomic E-state index is 6.38. The quantitative estimate of drug-likeness (QED) is 0.151. The van der Waals surface area contributed by atoms with Crippen molar-refractivity contribution >= 4 is 21.8 Å². The van der Waals surface area contributed by atoms with Crippen molar-refractivity contribution in [1.29, 1.82) is 0 Å². The zero-order valence-corrected chi connectivity index (χ0v) is 29.2. The predicted molar refractivity (Wildman–Crippen MR) is 183 cm³/mol. The molecule has 0 amide bonds. The molecule has 0 aliphatic heterocycles. The molecule has 0 unspecified atom stereocenters. The van der Waals surface area contributed by atoms with Crippen LogP contribution in [0.3, 0.4) is 0 Å². The number of nitrogens with zero attached hydrogens (tertiary/aromatic N) is 4. The minimum atomic E-state index is 0. The molecule has 0 aliphatic rings. The summed E-state index contributed by atoms with van der Waals surface area (Å²) in [5.74, 6) is 2.96. The first-order chi connectivity index (χ1) is 21.8.